The maximum Gasteiger partial charge on any atom is 0.236 e. The van der Waals surface area contributed by atoms with E-state index in [0.29, 0.717) is 13.1 Å². The molecule has 28 heavy (non-hydrogen) atoms. The number of carbonyl (C=O) groups is 1. The topological polar surface area (TPSA) is 77.2 Å². The summed E-state index contributed by atoms with van der Waals surface area (Å²) < 4.78 is 5.24. The molecule has 156 valence electrons. The lowest BCUT2D eigenvalue weighted by Crippen LogP contribution is -2.54. The van der Waals surface area contributed by atoms with Crippen molar-refractivity contribution in [2.45, 2.75) is 40.0 Å². The Morgan fingerprint density at radius 1 is 1.11 bits per heavy atom. The van der Waals surface area contributed by atoms with Gasteiger partial charge in [0.2, 0.25) is 5.91 Å². The van der Waals surface area contributed by atoms with Crippen molar-refractivity contribution in [2.75, 3.05) is 58.9 Å². The van der Waals surface area contributed by atoms with Crippen molar-refractivity contribution in [3.8, 4) is 0 Å². The molecule has 1 aromatic rings. The number of amides is 1. The lowest BCUT2D eigenvalue weighted by molar-refractivity contribution is -0.131. The first-order valence-electron chi connectivity index (χ1n) is 10.5. The fraction of sp³-hybridized carbons (Fsp3) is 0.750. The molecule has 2 aliphatic heterocycles. The number of guanidine groups is 1. The van der Waals surface area contributed by atoms with Gasteiger partial charge < -0.3 is 19.6 Å². The summed E-state index contributed by atoms with van der Waals surface area (Å²) in [6.07, 6.45) is 3.13. The average Bonchev–Trinajstić information content (AvgIpc) is 3.33. The van der Waals surface area contributed by atoms with Gasteiger partial charge in [0.05, 0.1) is 12.2 Å². The van der Waals surface area contributed by atoms with Crippen molar-refractivity contribution in [3.63, 3.8) is 0 Å². The Hall–Kier alpha value is -2.09. The second kappa shape index (κ2) is 9.91. The number of piperazine rings is 1. The number of hydrogen-bond donors (Lipinski definition) is 1. The van der Waals surface area contributed by atoms with Crippen molar-refractivity contribution in [2.24, 2.45) is 4.99 Å². The van der Waals surface area contributed by atoms with Gasteiger partial charge in [-0.1, -0.05) is 5.16 Å². The lowest BCUT2D eigenvalue weighted by Gasteiger charge is -2.36. The number of aliphatic imine (C=N–C) groups is 1. The van der Waals surface area contributed by atoms with Crippen LogP contribution in [0.15, 0.2) is 9.52 Å². The Morgan fingerprint density at radius 2 is 1.82 bits per heavy atom. The molecule has 0 unspecified atom stereocenters. The van der Waals surface area contributed by atoms with Crippen molar-refractivity contribution >= 4 is 11.9 Å². The van der Waals surface area contributed by atoms with Crippen LogP contribution in [0.1, 0.15) is 36.8 Å². The van der Waals surface area contributed by atoms with Crippen LogP contribution in [0.5, 0.6) is 0 Å². The number of hydrogen-bond acceptors (Lipinski definition) is 5. The van der Waals surface area contributed by atoms with Gasteiger partial charge in [0.1, 0.15) is 5.76 Å². The van der Waals surface area contributed by atoms with Crippen molar-refractivity contribution in [1.82, 2.24) is 25.2 Å². The van der Waals surface area contributed by atoms with Crippen LogP contribution >= 0.6 is 0 Å². The molecule has 0 aliphatic carbocycles. The zero-order chi connectivity index (χ0) is 19.9. The Bertz CT molecular complexity index is 653. The molecule has 0 saturated carbocycles. The predicted molar refractivity (Wildman–Crippen MR) is 109 cm³/mol. The minimum absolute atomic E-state index is 0.283. The van der Waals surface area contributed by atoms with Crippen LogP contribution in [-0.4, -0.2) is 90.6 Å². The zero-order valence-electron chi connectivity index (χ0n) is 17.5. The van der Waals surface area contributed by atoms with Crippen LogP contribution in [0.25, 0.3) is 0 Å². The van der Waals surface area contributed by atoms with Gasteiger partial charge in [-0.25, -0.2) is 0 Å². The molecule has 1 amide bonds. The molecule has 0 spiro atoms. The number of nitrogens with one attached hydrogen (secondary N) is 1. The standard InChI is InChI=1S/C20H34N6O2/c1-4-21-20(22-8-7-18-16(2)23-28-17(18)3)26-13-11-24(12-14-26)15-19(27)25-9-5-6-10-25/h4-15H2,1-3H3,(H,21,22). The third-order valence-electron chi connectivity index (χ3n) is 5.63. The maximum absolute atomic E-state index is 12.4. The van der Waals surface area contributed by atoms with E-state index >= 15 is 0 Å². The first-order valence-corrected chi connectivity index (χ1v) is 10.5. The molecule has 1 N–H and O–H groups in total. The highest BCUT2D eigenvalue weighted by atomic mass is 16.5. The predicted octanol–water partition coefficient (Wildman–Crippen LogP) is 1.04. The quantitative estimate of drug-likeness (QED) is 0.578. The highest BCUT2D eigenvalue weighted by Gasteiger charge is 2.24. The molecule has 0 radical (unpaired) electrons. The van der Waals surface area contributed by atoms with Crippen molar-refractivity contribution < 1.29 is 9.32 Å². The highest BCUT2D eigenvalue weighted by Crippen LogP contribution is 2.13. The summed E-state index contributed by atoms with van der Waals surface area (Å²) in [5.41, 5.74) is 2.11. The van der Waals surface area contributed by atoms with Crippen LogP contribution in [0.2, 0.25) is 0 Å². The first kappa shape index (κ1) is 20.6. The number of rotatable bonds is 6. The van der Waals surface area contributed by atoms with Gasteiger partial charge in [0.25, 0.3) is 0 Å². The Balaban J connectivity index is 1.48. The third-order valence-corrected chi connectivity index (χ3v) is 5.63. The molecule has 2 aliphatic rings. The van der Waals surface area contributed by atoms with Crippen LogP contribution < -0.4 is 5.32 Å². The molecule has 0 atom stereocenters. The number of aromatic nitrogens is 1. The molecular formula is C20H34N6O2. The average molecular weight is 391 g/mol. The second-order valence-corrected chi connectivity index (χ2v) is 7.64. The van der Waals surface area contributed by atoms with E-state index in [2.05, 4.69) is 27.2 Å². The monoisotopic (exact) mass is 390 g/mol. The molecule has 8 heteroatoms. The Labute approximate surface area is 167 Å². The minimum atomic E-state index is 0.283. The molecule has 3 heterocycles. The Kier molecular flexibility index (Phi) is 7.30. The van der Waals surface area contributed by atoms with Gasteiger partial charge in [-0.05, 0) is 40.0 Å². The molecule has 8 nitrogen and oxygen atoms in total. The summed E-state index contributed by atoms with van der Waals surface area (Å²) in [5.74, 6) is 2.12. The minimum Gasteiger partial charge on any atom is -0.361 e. The van der Waals surface area contributed by atoms with Crippen LogP contribution in [-0.2, 0) is 11.2 Å². The fourth-order valence-corrected chi connectivity index (χ4v) is 3.93. The van der Waals surface area contributed by atoms with E-state index in [1.54, 1.807) is 0 Å². The van der Waals surface area contributed by atoms with E-state index in [1.165, 1.54) is 0 Å². The summed E-state index contributed by atoms with van der Waals surface area (Å²) in [6, 6.07) is 0. The van der Waals surface area contributed by atoms with Crippen molar-refractivity contribution in [3.05, 3.63) is 17.0 Å². The van der Waals surface area contributed by atoms with Gasteiger partial charge in [-0.15, -0.1) is 0 Å². The molecule has 1 aromatic heterocycles. The van der Waals surface area contributed by atoms with E-state index in [0.717, 1.165) is 88.1 Å². The number of aryl methyl sites for hydroxylation is 2. The van der Waals surface area contributed by atoms with Gasteiger partial charge in [0, 0.05) is 57.9 Å². The summed E-state index contributed by atoms with van der Waals surface area (Å²) >= 11 is 0. The number of carbonyl (C=O) groups excluding carboxylic acids is 1. The largest absolute Gasteiger partial charge is 0.361 e. The third kappa shape index (κ3) is 5.25. The first-order chi connectivity index (χ1) is 13.6. The fourth-order valence-electron chi connectivity index (χ4n) is 3.93. The highest BCUT2D eigenvalue weighted by molar-refractivity contribution is 5.80. The van der Waals surface area contributed by atoms with Gasteiger partial charge in [-0.2, -0.15) is 0 Å². The summed E-state index contributed by atoms with van der Waals surface area (Å²) in [4.78, 5) is 23.7. The van der Waals surface area contributed by atoms with Gasteiger partial charge in [-0.3, -0.25) is 14.7 Å². The van der Waals surface area contributed by atoms with Gasteiger partial charge >= 0.3 is 0 Å². The van der Waals surface area contributed by atoms with Gasteiger partial charge in [0.15, 0.2) is 5.96 Å². The molecule has 3 rings (SSSR count). The second-order valence-electron chi connectivity index (χ2n) is 7.64. The molecule has 2 saturated heterocycles. The number of likely N-dealkylation sites (tertiary alicyclic amines) is 1. The van der Waals surface area contributed by atoms with E-state index < -0.39 is 0 Å². The summed E-state index contributed by atoms with van der Waals surface area (Å²) in [5, 5.41) is 7.42. The van der Waals surface area contributed by atoms with E-state index in [1.807, 2.05) is 18.7 Å². The Morgan fingerprint density at radius 3 is 2.43 bits per heavy atom. The lowest BCUT2D eigenvalue weighted by atomic mass is 10.1. The zero-order valence-corrected chi connectivity index (χ0v) is 17.5. The summed E-state index contributed by atoms with van der Waals surface area (Å²) in [6.45, 7) is 13.6. The maximum atomic E-state index is 12.4. The van der Waals surface area contributed by atoms with Crippen LogP contribution in [0.4, 0.5) is 0 Å². The van der Waals surface area contributed by atoms with E-state index in [4.69, 9.17) is 9.52 Å². The SMILES string of the molecule is CCNC(=NCCc1c(C)noc1C)N1CCN(CC(=O)N2CCCC2)CC1. The smallest absolute Gasteiger partial charge is 0.236 e. The molecule has 2 fully saturated rings. The van der Waals surface area contributed by atoms with Crippen LogP contribution in [0.3, 0.4) is 0 Å². The normalized spacial score (nSPS) is 18.8. The van der Waals surface area contributed by atoms with Crippen molar-refractivity contribution in [1.29, 1.82) is 0 Å². The molecule has 0 aromatic carbocycles. The molecule has 0 bridgehead atoms. The van der Waals surface area contributed by atoms with E-state index in [9.17, 15) is 4.79 Å². The molecular weight excluding hydrogens is 356 g/mol. The van der Waals surface area contributed by atoms with Crippen LogP contribution in [0, 0.1) is 13.8 Å². The number of nitrogens with zero attached hydrogens (tertiary/aromatic N) is 5. The van der Waals surface area contributed by atoms with E-state index in [-0.39, 0.29) is 5.91 Å². The summed E-state index contributed by atoms with van der Waals surface area (Å²) in [7, 11) is 0.